The Hall–Kier alpha value is -1.52. The lowest BCUT2D eigenvalue weighted by Crippen LogP contribution is -2.31. The van der Waals surface area contributed by atoms with Gasteiger partial charge < -0.3 is 9.64 Å². The second-order valence-electron chi connectivity index (χ2n) is 5.04. The molecule has 2 aromatic rings. The summed E-state index contributed by atoms with van der Waals surface area (Å²) in [6.07, 6.45) is 0. The zero-order chi connectivity index (χ0) is 16.1. The number of rotatable bonds is 5. The number of carbonyl (C=O) groups excluding carboxylic acids is 1. The number of nitrogens with zero attached hydrogens (tertiary/aromatic N) is 1. The predicted molar refractivity (Wildman–Crippen MR) is 92.3 cm³/mol. The van der Waals surface area contributed by atoms with Gasteiger partial charge in [0.1, 0.15) is 5.75 Å². The smallest absolute Gasteiger partial charge is 0.260 e. The Morgan fingerprint density at radius 1 is 1.27 bits per heavy atom. The summed E-state index contributed by atoms with van der Waals surface area (Å²) in [7, 11) is 1.77. The molecule has 2 rings (SSSR count). The highest BCUT2D eigenvalue weighted by molar-refractivity contribution is 9.10. The highest BCUT2D eigenvalue weighted by Gasteiger charge is 2.12. The third-order valence-electron chi connectivity index (χ3n) is 3.34. The summed E-state index contributed by atoms with van der Waals surface area (Å²) in [6.45, 7) is 2.59. The first-order valence-corrected chi connectivity index (χ1v) is 8.01. The van der Waals surface area contributed by atoms with E-state index in [1.807, 2.05) is 31.2 Å². The third-order valence-corrected chi connectivity index (χ3v) is 4.19. The Balaban J connectivity index is 1.93. The number of ether oxygens (including phenoxy) is 1. The van der Waals surface area contributed by atoms with Crippen LogP contribution in [-0.2, 0) is 11.3 Å². The van der Waals surface area contributed by atoms with Crippen molar-refractivity contribution in [3.05, 3.63) is 63.1 Å². The van der Waals surface area contributed by atoms with Gasteiger partial charge in [0.05, 0.1) is 4.47 Å². The Kier molecular flexibility index (Phi) is 5.86. The standard InChI is InChI=1S/C17H17BrClNO2/c1-12-5-3-4-6-13(12)10-20(2)17(21)11-22-16-8-7-14(19)9-15(16)18/h3-9H,10-11H2,1-2H3. The van der Waals surface area contributed by atoms with E-state index in [1.165, 1.54) is 5.56 Å². The fraction of sp³-hybridized carbons (Fsp3) is 0.235. The Morgan fingerprint density at radius 3 is 2.68 bits per heavy atom. The number of benzene rings is 2. The summed E-state index contributed by atoms with van der Waals surface area (Å²) in [4.78, 5) is 13.8. The average Bonchev–Trinajstić information content (AvgIpc) is 2.48. The molecule has 22 heavy (non-hydrogen) atoms. The van der Waals surface area contributed by atoms with Gasteiger partial charge in [-0.3, -0.25) is 4.79 Å². The molecule has 116 valence electrons. The maximum absolute atomic E-state index is 12.2. The van der Waals surface area contributed by atoms with Crippen LogP contribution in [0.3, 0.4) is 0 Å². The summed E-state index contributed by atoms with van der Waals surface area (Å²) in [5.74, 6) is 0.521. The van der Waals surface area contributed by atoms with E-state index in [0.29, 0.717) is 17.3 Å². The van der Waals surface area contributed by atoms with E-state index < -0.39 is 0 Å². The minimum absolute atomic E-state index is 0.0113. The van der Waals surface area contributed by atoms with E-state index in [2.05, 4.69) is 15.9 Å². The van der Waals surface area contributed by atoms with E-state index >= 15 is 0 Å². The van der Waals surface area contributed by atoms with E-state index in [-0.39, 0.29) is 12.5 Å². The number of aryl methyl sites for hydroxylation is 1. The number of hydrogen-bond acceptors (Lipinski definition) is 2. The van der Waals surface area contributed by atoms with E-state index in [0.717, 1.165) is 10.0 Å². The lowest BCUT2D eigenvalue weighted by atomic mass is 10.1. The second-order valence-corrected chi connectivity index (χ2v) is 6.33. The highest BCUT2D eigenvalue weighted by atomic mass is 79.9. The SMILES string of the molecule is Cc1ccccc1CN(C)C(=O)COc1ccc(Cl)cc1Br. The van der Waals surface area contributed by atoms with Crippen molar-refractivity contribution in [2.45, 2.75) is 13.5 Å². The van der Waals surface area contributed by atoms with Gasteiger partial charge in [-0.1, -0.05) is 35.9 Å². The molecule has 5 heteroatoms. The second kappa shape index (κ2) is 7.65. The van der Waals surface area contributed by atoms with Crippen molar-refractivity contribution in [1.29, 1.82) is 0 Å². The van der Waals surface area contributed by atoms with Crippen LogP contribution in [0.2, 0.25) is 5.02 Å². The molecule has 0 saturated heterocycles. The summed E-state index contributed by atoms with van der Waals surface area (Å²) < 4.78 is 6.28. The molecular formula is C17H17BrClNO2. The molecule has 0 bridgehead atoms. The minimum atomic E-state index is -0.0786. The zero-order valence-corrected chi connectivity index (χ0v) is 14.8. The van der Waals surface area contributed by atoms with Gasteiger partial charge in [-0.05, 0) is 52.2 Å². The topological polar surface area (TPSA) is 29.5 Å². The van der Waals surface area contributed by atoms with Crippen LogP contribution in [0, 0.1) is 6.92 Å². The lowest BCUT2D eigenvalue weighted by Gasteiger charge is -2.19. The molecule has 1 amide bonds. The third kappa shape index (κ3) is 4.49. The Morgan fingerprint density at radius 2 is 2.00 bits per heavy atom. The van der Waals surface area contributed by atoms with Crippen LogP contribution in [0.4, 0.5) is 0 Å². The average molecular weight is 383 g/mol. The molecule has 0 aliphatic heterocycles. The molecule has 0 spiro atoms. The quantitative estimate of drug-likeness (QED) is 0.764. The largest absolute Gasteiger partial charge is 0.483 e. The van der Waals surface area contributed by atoms with E-state index in [1.54, 1.807) is 30.1 Å². The van der Waals surface area contributed by atoms with Crippen molar-refractivity contribution in [3.63, 3.8) is 0 Å². The normalized spacial score (nSPS) is 10.4. The first-order valence-electron chi connectivity index (χ1n) is 6.83. The number of likely N-dealkylation sites (N-methyl/N-ethyl adjacent to an activating group) is 1. The fourth-order valence-electron chi connectivity index (χ4n) is 1.97. The van der Waals surface area contributed by atoms with Gasteiger partial charge >= 0.3 is 0 Å². The Bertz CT molecular complexity index is 675. The number of halogens is 2. The summed E-state index contributed by atoms with van der Waals surface area (Å²) in [5, 5.41) is 0.613. The molecule has 0 aliphatic carbocycles. The van der Waals surface area contributed by atoms with E-state index in [9.17, 15) is 4.79 Å². The molecule has 0 unspecified atom stereocenters. The van der Waals surface area contributed by atoms with Crippen molar-refractivity contribution in [1.82, 2.24) is 4.90 Å². The zero-order valence-electron chi connectivity index (χ0n) is 12.5. The maximum atomic E-state index is 12.2. The van der Waals surface area contributed by atoms with Crippen molar-refractivity contribution in [2.75, 3.05) is 13.7 Å². The number of amides is 1. The van der Waals surface area contributed by atoms with Crippen LogP contribution in [0.5, 0.6) is 5.75 Å². The van der Waals surface area contributed by atoms with Gasteiger partial charge in [-0.25, -0.2) is 0 Å². The number of carbonyl (C=O) groups is 1. The summed E-state index contributed by atoms with van der Waals surface area (Å²) in [6, 6.07) is 13.2. The van der Waals surface area contributed by atoms with Crippen LogP contribution in [-0.4, -0.2) is 24.5 Å². The van der Waals surface area contributed by atoms with Gasteiger partial charge in [-0.15, -0.1) is 0 Å². The lowest BCUT2D eigenvalue weighted by molar-refractivity contribution is -0.132. The van der Waals surface area contributed by atoms with E-state index in [4.69, 9.17) is 16.3 Å². The molecule has 3 nitrogen and oxygen atoms in total. The van der Waals surface area contributed by atoms with Crippen LogP contribution >= 0.6 is 27.5 Å². The van der Waals surface area contributed by atoms with Gasteiger partial charge in [0.2, 0.25) is 0 Å². The monoisotopic (exact) mass is 381 g/mol. The van der Waals surface area contributed by atoms with Crippen molar-refractivity contribution in [3.8, 4) is 5.75 Å². The first kappa shape index (κ1) is 16.8. The molecule has 0 heterocycles. The predicted octanol–water partition coefficient (Wildman–Crippen LogP) is 4.45. The van der Waals surface area contributed by atoms with Crippen LogP contribution in [0.25, 0.3) is 0 Å². The highest BCUT2D eigenvalue weighted by Crippen LogP contribution is 2.27. The summed E-state index contributed by atoms with van der Waals surface area (Å²) >= 11 is 9.24. The first-order chi connectivity index (χ1) is 10.5. The molecule has 0 aliphatic rings. The molecule has 2 aromatic carbocycles. The van der Waals surface area contributed by atoms with Gasteiger partial charge in [-0.2, -0.15) is 0 Å². The van der Waals surface area contributed by atoms with Crippen molar-refractivity contribution in [2.24, 2.45) is 0 Å². The number of hydrogen-bond donors (Lipinski definition) is 0. The van der Waals surface area contributed by atoms with Crippen LogP contribution < -0.4 is 4.74 Å². The van der Waals surface area contributed by atoms with Gasteiger partial charge in [0.15, 0.2) is 6.61 Å². The molecule has 0 saturated carbocycles. The molecule has 0 atom stereocenters. The summed E-state index contributed by atoms with van der Waals surface area (Å²) in [5.41, 5.74) is 2.30. The maximum Gasteiger partial charge on any atom is 0.260 e. The van der Waals surface area contributed by atoms with Crippen LogP contribution in [0.1, 0.15) is 11.1 Å². The molecule has 0 N–H and O–H groups in total. The Labute approximate surface area is 144 Å². The fourth-order valence-corrected chi connectivity index (χ4v) is 2.77. The van der Waals surface area contributed by atoms with Gasteiger partial charge in [0.25, 0.3) is 5.91 Å². The molecule has 0 radical (unpaired) electrons. The van der Waals surface area contributed by atoms with Crippen LogP contribution in [0.15, 0.2) is 46.9 Å². The van der Waals surface area contributed by atoms with Crippen molar-refractivity contribution >= 4 is 33.4 Å². The molecular weight excluding hydrogens is 366 g/mol. The minimum Gasteiger partial charge on any atom is -0.483 e. The van der Waals surface area contributed by atoms with Crippen molar-refractivity contribution < 1.29 is 9.53 Å². The van der Waals surface area contributed by atoms with Gasteiger partial charge in [0, 0.05) is 18.6 Å². The molecule has 0 aromatic heterocycles. The molecule has 0 fully saturated rings.